The van der Waals surface area contributed by atoms with Crippen molar-refractivity contribution in [2.24, 2.45) is 5.92 Å². The van der Waals surface area contributed by atoms with Crippen molar-refractivity contribution in [2.75, 3.05) is 32.7 Å². The molecule has 0 aliphatic carbocycles. The fraction of sp³-hybridized carbons (Fsp3) is 0.273. The zero-order valence-electron chi connectivity index (χ0n) is 18.2. The third-order valence-corrected chi connectivity index (χ3v) is 5.64. The van der Waals surface area contributed by atoms with E-state index >= 15 is 0 Å². The predicted molar refractivity (Wildman–Crippen MR) is 123 cm³/mol. The first-order chi connectivity index (χ1) is 16.2. The molecule has 1 saturated heterocycles. The number of methoxy groups -OCH3 is 2. The number of hydrazine groups is 1. The Kier molecular flexibility index (Phi) is 8.19. The molecule has 12 heteroatoms. The molecule has 0 aromatic heterocycles. The van der Waals surface area contributed by atoms with Gasteiger partial charge in [0.2, 0.25) is 5.91 Å². The lowest BCUT2D eigenvalue weighted by Gasteiger charge is -2.19. The van der Waals surface area contributed by atoms with Gasteiger partial charge < -0.3 is 19.5 Å². The first-order valence-corrected chi connectivity index (χ1v) is 10.7. The SMILES string of the molecule is COc1cccc(OC)c1C(=O)NN1C[C@H](C(=O)OCC(=O)Nc2ccc(Cl)c(Cl)c2)CC1=O. The van der Waals surface area contributed by atoms with Gasteiger partial charge in [-0.1, -0.05) is 29.3 Å². The van der Waals surface area contributed by atoms with Gasteiger partial charge in [-0.25, -0.2) is 0 Å². The molecule has 34 heavy (non-hydrogen) atoms. The maximum absolute atomic E-state index is 12.8. The summed E-state index contributed by atoms with van der Waals surface area (Å²) in [4.78, 5) is 49.5. The first kappa shape index (κ1) is 25.1. The summed E-state index contributed by atoms with van der Waals surface area (Å²) in [6, 6.07) is 9.31. The van der Waals surface area contributed by atoms with E-state index in [4.69, 9.17) is 37.4 Å². The highest BCUT2D eigenvalue weighted by Gasteiger charge is 2.37. The van der Waals surface area contributed by atoms with Gasteiger partial charge >= 0.3 is 5.97 Å². The van der Waals surface area contributed by atoms with Crippen LogP contribution in [0.2, 0.25) is 10.0 Å². The molecule has 180 valence electrons. The number of halogens is 2. The highest BCUT2D eigenvalue weighted by atomic mass is 35.5. The molecule has 2 N–H and O–H groups in total. The Morgan fingerprint density at radius 2 is 1.74 bits per heavy atom. The molecule has 1 aliphatic heterocycles. The minimum absolute atomic E-state index is 0.102. The summed E-state index contributed by atoms with van der Waals surface area (Å²) >= 11 is 11.7. The van der Waals surface area contributed by atoms with E-state index in [1.807, 2.05) is 0 Å². The summed E-state index contributed by atoms with van der Waals surface area (Å²) in [5, 5.41) is 4.14. The molecular weight excluding hydrogens is 489 g/mol. The van der Waals surface area contributed by atoms with Crippen LogP contribution in [0.1, 0.15) is 16.8 Å². The van der Waals surface area contributed by atoms with E-state index < -0.39 is 36.2 Å². The summed E-state index contributed by atoms with van der Waals surface area (Å²) < 4.78 is 15.4. The van der Waals surface area contributed by atoms with Gasteiger partial charge in [0.25, 0.3) is 11.8 Å². The molecule has 0 unspecified atom stereocenters. The van der Waals surface area contributed by atoms with Crippen molar-refractivity contribution in [3.8, 4) is 11.5 Å². The molecule has 1 heterocycles. The molecule has 3 rings (SSSR count). The van der Waals surface area contributed by atoms with Gasteiger partial charge in [0, 0.05) is 12.1 Å². The molecule has 0 spiro atoms. The van der Waals surface area contributed by atoms with Crippen molar-refractivity contribution < 1.29 is 33.4 Å². The van der Waals surface area contributed by atoms with Crippen LogP contribution in [0.25, 0.3) is 0 Å². The van der Waals surface area contributed by atoms with Crippen molar-refractivity contribution in [2.45, 2.75) is 6.42 Å². The third kappa shape index (κ3) is 5.89. The average molecular weight is 510 g/mol. The Morgan fingerprint density at radius 3 is 2.35 bits per heavy atom. The number of nitrogens with one attached hydrogen (secondary N) is 2. The summed E-state index contributed by atoms with van der Waals surface area (Å²) in [6.45, 7) is -0.677. The molecule has 1 atom stereocenters. The van der Waals surface area contributed by atoms with Crippen molar-refractivity contribution in [1.29, 1.82) is 0 Å². The second-order valence-electron chi connectivity index (χ2n) is 7.17. The Labute approximate surface area is 205 Å². The highest BCUT2D eigenvalue weighted by Crippen LogP contribution is 2.29. The zero-order valence-corrected chi connectivity index (χ0v) is 19.7. The van der Waals surface area contributed by atoms with E-state index in [0.717, 1.165) is 5.01 Å². The van der Waals surface area contributed by atoms with Gasteiger partial charge in [0.15, 0.2) is 6.61 Å². The van der Waals surface area contributed by atoms with Crippen molar-refractivity contribution in [3.05, 3.63) is 52.0 Å². The number of carbonyl (C=O) groups is 4. The number of amides is 3. The van der Waals surface area contributed by atoms with Crippen LogP contribution < -0.4 is 20.2 Å². The van der Waals surface area contributed by atoms with Gasteiger partial charge in [-0.2, -0.15) is 0 Å². The van der Waals surface area contributed by atoms with Gasteiger partial charge in [-0.05, 0) is 30.3 Å². The van der Waals surface area contributed by atoms with Crippen LogP contribution in [-0.2, 0) is 19.1 Å². The Balaban J connectivity index is 1.55. The fourth-order valence-corrected chi connectivity index (χ4v) is 3.55. The van der Waals surface area contributed by atoms with E-state index in [0.29, 0.717) is 10.7 Å². The van der Waals surface area contributed by atoms with Crippen molar-refractivity contribution in [3.63, 3.8) is 0 Å². The minimum atomic E-state index is -0.856. The van der Waals surface area contributed by atoms with E-state index in [9.17, 15) is 19.2 Å². The molecule has 0 radical (unpaired) electrons. The van der Waals surface area contributed by atoms with Crippen molar-refractivity contribution >= 4 is 52.6 Å². The lowest BCUT2D eigenvalue weighted by atomic mass is 10.1. The lowest BCUT2D eigenvalue weighted by Crippen LogP contribution is -2.43. The van der Waals surface area contributed by atoms with Crippen LogP contribution in [-0.4, -0.2) is 56.1 Å². The van der Waals surface area contributed by atoms with Crippen molar-refractivity contribution in [1.82, 2.24) is 10.4 Å². The molecule has 3 amide bonds. The topological polar surface area (TPSA) is 123 Å². The smallest absolute Gasteiger partial charge is 0.311 e. The summed E-state index contributed by atoms with van der Waals surface area (Å²) in [6.07, 6.45) is -0.184. The summed E-state index contributed by atoms with van der Waals surface area (Å²) in [5.74, 6) is -2.80. The first-order valence-electron chi connectivity index (χ1n) is 9.97. The number of hydrogen-bond acceptors (Lipinski definition) is 7. The number of hydrogen-bond donors (Lipinski definition) is 2. The number of ether oxygens (including phenoxy) is 3. The number of anilines is 1. The van der Waals surface area contributed by atoms with Crippen LogP contribution in [0, 0.1) is 5.92 Å². The van der Waals surface area contributed by atoms with E-state index in [2.05, 4.69) is 10.7 Å². The number of carbonyl (C=O) groups excluding carboxylic acids is 4. The lowest BCUT2D eigenvalue weighted by molar-refractivity contribution is -0.151. The molecular formula is C22H21Cl2N3O7. The molecule has 1 aliphatic rings. The maximum atomic E-state index is 12.8. The van der Waals surface area contributed by atoms with E-state index in [1.54, 1.807) is 24.3 Å². The molecule has 1 fully saturated rings. The largest absolute Gasteiger partial charge is 0.496 e. The van der Waals surface area contributed by atoms with Gasteiger partial charge in [0.05, 0.1) is 36.7 Å². The number of rotatable bonds is 8. The molecule has 10 nitrogen and oxygen atoms in total. The minimum Gasteiger partial charge on any atom is -0.496 e. The maximum Gasteiger partial charge on any atom is 0.311 e. The number of benzene rings is 2. The second-order valence-corrected chi connectivity index (χ2v) is 7.98. The van der Waals surface area contributed by atoms with Gasteiger partial charge in [0.1, 0.15) is 17.1 Å². The van der Waals surface area contributed by atoms with Crippen LogP contribution in [0.5, 0.6) is 11.5 Å². The standard InChI is InChI=1S/C22H21Cl2N3O7/c1-32-16-4-3-5-17(33-2)20(16)21(30)26-27-10-12(8-19(27)29)22(31)34-11-18(28)25-13-6-7-14(23)15(24)9-13/h3-7,9,12H,8,10-11H2,1-2H3,(H,25,28)(H,26,30)/t12-/m1/s1. The zero-order chi connectivity index (χ0) is 24.8. The second kappa shape index (κ2) is 11.1. The molecule has 2 aromatic carbocycles. The summed E-state index contributed by atoms with van der Waals surface area (Å²) in [5.41, 5.74) is 2.94. The third-order valence-electron chi connectivity index (χ3n) is 4.90. The molecule has 2 aromatic rings. The van der Waals surface area contributed by atoms with E-state index in [-0.39, 0.29) is 35.1 Å². The van der Waals surface area contributed by atoms with E-state index in [1.165, 1.54) is 26.4 Å². The molecule has 0 saturated carbocycles. The predicted octanol–water partition coefficient (Wildman–Crippen LogP) is 2.69. The van der Waals surface area contributed by atoms with Crippen LogP contribution in [0.3, 0.4) is 0 Å². The quantitative estimate of drug-likeness (QED) is 0.524. The van der Waals surface area contributed by atoms with Crippen LogP contribution in [0.15, 0.2) is 36.4 Å². The molecule has 0 bridgehead atoms. The fourth-order valence-electron chi connectivity index (χ4n) is 3.25. The number of nitrogens with zero attached hydrogens (tertiary/aromatic N) is 1. The van der Waals surface area contributed by atoms with Crippen LogP contribution >= 0.6 is 23.2 Å². The monoisotopic (exact) mass is 509 g/mol. The normalized spacial score (nSPS) is 15.0. The Morgan fingerprint density at radius 1 is 1.06 bits per heavy atom. The van der Waals surface area contributed by atoms with Gasteiger partial charge in [-0.15, -0.1) is 0 Å². The Hall–Kier alpha value is -3.50. The van der Waals surface area contributed by atoms with Gasteiger partial charge in [-0.3, -0.25) is 29.6 Å². The highest BCUT2D eigenvalue weighted by molar-refractivity contribution is 6.42. The van der Waals surface area contributed by atoms with Crippen LogP contribution in [0.4, 0.5) is 5.69 Å². The number of esters is 1. The average Bonchev–Trinajstić information content (AvgIpc) is 3.19. The Bertz CT molecular complexity index is 1100. The summed E-state index contributed by atoms with van der Waals surface area (Å²) in [7, 11) is 2.80.